The van der Waals surface area contributed by atoms with Crippen molar-refractivity contribution < 1.29 is 9.47 Å². The Morgan fingerprint density at radius 1 is 1.33 bits per heavy atom. The number of halogens is 1. The smallest absolute Gasteiger partial charge is 0.133 e. The lowest BCUT2D eigenvalue weighted by Crippen LogP contribution is -2.41. The van der Waals surface area contributed by atoms with Crippen LogP contribution in [0, 0.1) is 0 Å². The minimum atomic E-state index is 0.157. The highest BCUT2D eigenvalue weighted by Crippen LogP contribution is 2.34. The number of hydrogen-bond acceptors (Lipinski definition) is 4. The van der Waals surface area contributed by atoms with E-state index in [4.69, 9.17) is 15.2 Å². The van der Waals surface area contributed by atoms with Crippen LogP contribution in [0.3, 0.4) is 0 Å². The maximum atomic E-state index is 6.46. The first kappa shape index (κ1) is 16.7. The lowest BCUT2D eigenvalue weighted by molar-refractivity contribution is 0.115. The van der Waals surface area contributed by atoms with Crippen molar-refractivity contribution in [1.29, 1.82) is 0 Å². The molecule has 1 fully saturated rings. The molecule has 0 aromatic heterocycles. The van der Waals surface area contributed by atoms with Crippen molar-refractivity contribution in [3.8, 4) is 5.75 Å². The summed E-state index contributed by atoms with van der Waals surface area (Å²) in [4.78, 5) is 2.45. The number of hydrogen-bond donors (Lipinski definition) is 1. The van der Waals surface area contributed by atoms with Crippen LogP contribution in [0.4, 0.5) is 0 Å². The quantitative estimate of drug-likeness (QED) is 0.880. The van der Waals surface area contributed by atoms with Crippen LogP contribution in [0.25, 0.3) is 0 Å². The van der Waals surface area contributed by atoms with Crippen LogP contribution in [0.2, 0.25) is 0 Å². The second kappa shape index (κ2) is 8.13. The lowest BCUT2D eigenvalue weighted by atomic mass is 9.96. The number of methoxy groups -OCH3 is 2. The number of benzene rings is 1. The highest BCUT2D eigenvalue weighted by atomic mass is 79.9. The Morgan fingerprint density at radius 2 is 2.14 bits per heavy atom. The molecule has 1 heterocycles. The van der Waals surface area contributed by atoms with Gasteiger partial charge in [-0.25, -0.2) is 0 Å². The zero-order valence-electron chi connectivity index (χ0n) is 12.8. The van der Waals surface area contributed by atoms with Gasteiger partial charge in [0.05, 0.1) is 24.2 Å². The van der Waals surface area contributed by atoms with E-state index in [0.29, 0.717) is 0 Å². The van der Waals surface area contributed by atoms with E-state index in [1.165, 1.54) is 18.4 Å². The maximum Gasteiger partial charge on any atom is 0.133 e. The fourth-order valence-corrected chi connectivity index (χ4v) is 3.61. The van der Waals surface area contributed by atoms with E-state index < -0.39 is 0 Å². The molecule has 118 valence electrons. The predicted octanol–water partition coefficient (Wildman–Crippen LogP) is 2.96. The van der Waals surface area contributed by atoms with Gasteiger partial charge in [-0.15, -0.1) is 0 Å². The third kappa shape index (κ3) is 4.19. The van der Waals surface area contributed by atoms with Crippen molar-refractivity contribution in [2.45, 2.75) is 31.3 Å². The number of nitrogens with zero attached hydrogens (tertiary/aromatic N) is 1. The molecule has 2 N–H and O–H groups in total. The molecule has 2 rings (SSSR count). The zero-order valence-corrected chi connectivity index (χ0v) is 14.4. The number of likely N-dealkylation sites (tertiary alicyclic amines) is 1. The standard InChI is InChI=1S/C16H25BrN2O2/c1-20-10-9-19-8-4-3-5-14(18)16(19)12-6-7-15(21-2)13(17)11-12/h6-7,11,14,16H,3-5,8-10,18H2,1-2H3. The Hall–Kier alpha value is -0.620. The van der Waals surface area contributed by atoms with Gasteiger partial charge in [-0.1, -0.05) is 12.5 Å². The van der Waals surface area contributed by atoms with Gasteiger partial charge >= 0.3 is 0 Å². The van der Waals surface area contributed by atoms with Crippen LogP contribution < -0.4 is 10.5 Å². The van der Waals surface area contributed by atoms with Gasteiger partial charge < -0.3 is 15.2 Å². The van der Waals surface area contributed by atoms with E-state index in [2.05, 4.69) is 33.0 Å². The molecule has 2 unspecified atom stereocenters. The molecule has 4 nitrogen and oxygen atoms in total. The molecule has 0 saturated carbocycles. The molecule has 2 atom stereocenters. The van der Waals surface area contributed by atoms with Gasteiger partial charge in [-0.3, -0.25) is 4.90 Å². The summed E-state index contributed by atoms with van der Waals surface area (Å²) in [5.74, 6) is 0.851. The molecule has 1 aliphatic heterocycles. The van der Waals surface area contributed by atoms with Crippen molar-refractivity contribution in [2.75, 3.05) is 33.9 Å². The summed E-state index contributed by atoms with van der Waals surface area (Å²) in [6.07, 6.45) is 3.46. The van der Waals surface area contributed by atoms with E-state index in [1.54, 1.807) is 14.2 Å². The van der Waals surface area contributed by atoms with Crippen molar-refractivity contribution in [3.63, 3.8) is 0 Å². The average molecular weight is 357 g/mol. The molecule has 0 radical (unpaired) electrons. The van der Waals surface area contributed by atoms with E-state index in [9.17, 15) is 0 Å². The number of rotatable bonds is 5. The first-order chi connectivity index (χ1) is 10.2. The topological polar surface area (TPSA) is 47.7 Å². The molecule has 21 heavy (non-hydrogen) atoms. The van der Waals surface area contributed by atoms with Gasteiger partial charge in [0, 0.05) is 19.7 Å². The third-order valence-electron chi connectivity index (χ3n) is 4.13. The van der Waals surface area contributed by atoms with Gasteiger partial charge in [0.15, 0.2) is 0 Å². The monoisotopic (exact) mass is 356 g/mol. The summed E-state index contributed by atoms with van der Waals surface area (Å²) < 4.78 is 11.5. The lowest BCUT2D eigenvalue weighted by Gasteiger charge is -2.33. The number of ether oxygens (including phenoxy) is 2. The summed E-state index contributed by atoms with van der Waals surface area (Å²) in [5, 5.41) is 0. The second-order valence-electron chi connectivity index (χ2n) is 5.53. The molecule has 1 saturated heterocycles. The Bertz CT molecular complexity index is 456. The molecule has 0 aliphatic carbocycles. The molecular weight excluding hydrogens is 332 g/mol. The fraction of sp³-hybridized carbons (Fsp3) is 0.625. The first-order valence-corrected chi connectivity index (χ1v) is 8.28. The predicted molar refractivity (Wildman–Crippen MR) is 88.7 cm³/mol. The molecule has 0 bridgehead atoms. The molecule has 0 amide bonds. The SMILES string of the molecule is COCCN1CCCCC(N)C1c1ccc(OC)c(Br)c1. The summed E-state index contributed by atoms with van der Waals surface area (Å²) in [5.41, 5.74) is 7.71. The molecule has 5 heteroatoms. The molecule has 1 aliphatic rings. The summed E-state index contributed by atoms with van der Waals surface area (Å²) in [7, 11) is 3.43. The Labute approximate surface area is 135 Å². The maximum absolute atomic E-state index is 6.46. The van der Waals surface area contributed by atoms with Crippen molar-refractivity contribution in [2.24, 2.45) is 5.73 Å². The van der Waals surface area contributed by atoms with E-state index in [-0.39, 0.29) is 12.1 Å². The Balaban J connectivity index is 2.27. The van der Waals surface area contributed by atoms with Crippen molar-refractivity contribution >= 4 is 15.9 Å². The molecule has 1 aromatic carbocycles. The Kier molecular flexibility index (Phi) is 6.48. The van der Waals surface area contributed by atoms with E-state index in [1.807, 2.05) is 6.07 Å². The van der Waals surface area contributed by atoms with Crippen LogP contribution in [-0.4, -0.2) is 44.9 Å². The summed E-state index contributed by atoms with van der Waals surface area (Å²) >= 11 is 3.58. The minimum Gasteiger partial charge on any atom is -0.496 e. The van der Waals surface area contributed by atoms with Gasteiger partial charge in [-0.05, 0) is 53.0 Å². The minimum absolute atomic E-state index is 0.157. The molecule has 1 aromatic rings. The van der Waals surface area contributed by atoms with Gasteiger partial charge in [0.2, 0.25) is 0 Å². The highest BCUT2D eigenvalue weighted by molar-refractivity contribution is 9.10. The second-order valence-corrected chi connectivity index (χ2v) is 6.38. The fourth-order valence-electron chi connectivity index (χ4n) is 3.05. The number of nitrogens with two attached hydrogens (primary N) is 1. The van der Waals surface area contributed by atoms with Crippen LogP contribution in [0.5, 0.6) is 5.75 Å². The van der Waals surface area contributed by atoms with Crippen LogP contribution >= 0.6 is 15.9 Å². The molecule has 0 spiro atoms. The summed E-state index contributed by atoms with van der Waals surface area (Å²) in [6, 6.07) is 6.66. The van der Waals surface area contributed by atoms with E-state index in [0.717, 1.165) is 36.3 Å². The normalized spacial score (nSPS) is 23.8. The zero-order chi connectivity index (χ0) is 15.2. The van der Waals surface area contributed by atoms with Gasteiger partial charge in [-0.2, -0.15) is 0 Å². The van der Waals surface area contributed by atoms with Crippen LogP contribution in [0.1, 0.15) is 30.9 Å². The average Bonchev–Trinajstić information content (AvgIpc) is 2.66. The highest BCUT2D eigenvalue weighted by Gasteiger charge is 2.28. The van der Waals surface area contributed by atoms with Gasteiger partial charge in [0.25, 0.3) is 0 Å². The van der Waals surface area contributed by atoms with Crippen molar-refractivity contribution in [1.82, 2.24) is 4.90 Å². The largest absolute Gasteiger partial charge is 0.496 e. The third-order valence-corrected chi connectivity index (χ3v) is 4.75. The van der Waals surface area contributed by atoms with Crippen LogP contribution in [0.15, 0.2) is 22.7 Å². The van der Waals surface area contributed by atoms with Gasteiger partial charge in [0.1, 0.15) is 5.75 Å². The first-order valence-electron chi connectivity index (χ1n) is 7.49. The molecular formula is C16H25BrN2O2. The van der Waals surface area contributed by atoms with Crippen LogP contribution in [-0.2, 0) is 4.74 Å². The van der Waals surface area contributed by atoms with Crippen molar-refractivity contribution in [3.05, 3.63) is 28.2 Å². The summed E-state index contributed by atoms with van der Waals surface area (Å²) in [6.45, 7) is 2.73. The Morgan fingerprint density at radius 3 is 2.81 bits per heavy atom. The van der Waals surface area contributed by atoms with E-state index >= 15 is 0 Å².